The van der Waals surface area contributed by atoms with Gasteiger partial charge in [-0.05, 0) is 26.2 Å². The molecule has 0 heterocycles. The highest BCUT2D eigenvalue weighted by Gasteiger charge is 2.27. The quantitative estimate of drug-likeness (QED) is 0.732. The van der Waals surface area contributed by atoms with E-state index in [0.29, 0.717) is 6.42 Å². The fourth-order valence-electron chi connectivity index (χ4n) is 2.03. The molecule has 1 saturated carbocycles. The second-order valence-electron chi connectivity index (χ2n) is 4.38. The molecule has 0 spiro atoms. The zero-order valence-corrected chi connectivity index (χ0v) is 11.1. The maximum absolute atomic E-state index is 11.8. The fraction of sp³-hybridized carbons (Fsp3) is 0.818. The van der Waals surface area contributed by atoms with Gasteiger partial charge in [-0.2, -0.15) is 0 Å². The van der Waals surface area contributed by atoms with E-state index in [2.05, 4.69) is 10.1 Å². The van der Waals surface area contributed by atoms with Crippen LogP contribution in [0.25, 0.3) is 0 Å². The van der Waals surface area contributed by atoms with Crippen molar-refractivity contribution in [1.82, 2.24) is 5.32 Å². The van der Waals surface area contributed by atoms with Gasteiger partial charge < -0.3 is 15.8 Å². The Morgan fingerprint density at radius 1 is 1.41 bits per heavy atom. The summed E-state index contributed by atoms with van der Waals surface area (Å²) in [6, 6.07) is -0.478. The molecule has 1 amide bonds. The van der Waals surface area contributed by atoms with Crippen molar-refractivity contribution in [1.29, 1.82) is 0 Å². The lowest BCUT2D eigenvalue weighted by Crippen LogP contribution is -2.44. The fourth-order valence-corrected chi connectivity index (χ4v) is 2.03. The average Bonchev–Trinajstić information content (AvgIpc) is 2.27. The molecule has 1 fully saturated rings. The number of methoxy groups -OCH3 is 1. The molecule has 2 unspecified atom stereocenters. The van der Waals surface area contributed by atoms with Crippen LogP contribution in [-0.2, 0) is 14.3 Å². The van der Waals surface area contributed by atoms with Gasteiger partial charge in [-0.25, -0.2) is 4.79 Å². The standard InChI is InChI=1S/C11H20N2O3.ClH/c1-7(11(15)16-2)13-10(14)8-4-3-5-9(12)6-8;/h7-9H,3-6,12H2,1-2H3,(H,13,14);1H/t7-,8?,9?;/m0./s1. The molecule has 0 aromatic rings. The zero-order valence-electron chi connectivity index (χ0n) is 10.3. The number of carbonyl (C=O) groups is 2. The van der Waals surface area contributed by atoms with Gasteiger partial charge in [-0.15, -0.1) is 12.4 Å². The van der Waals surface area contributed by atoms with E-state index >= 15 is 0 Å². The summed E-state index contributed by atoms with van der Waals surface area (Å²) in [5, 5.41) is 2.65. The Kier molecular flexibility index (Phi) is 7.15. The molecular formula is C11H21ClN2O3. The van der Waals surface area contributed by atoms with E-state index in [1.54, 1.807) is 6.92 Å². The van der Waals surface area contributed by atoms with E-state index in [9.17, 15) is 9.59 Å². The van der Waals surface area contributed by atoms with Crippen LogP contribution in [0.2, 0.25) is 0 Å². The van der Waals surface area contributed by atoms with Crippen molar-refractivity contribution in [2.75, 3.05) is 7.11 Å². The summed E-state index contributed by atoms with van der Waals surface area (Å²) in [6.07, 6.45) is 3.52. The normalized spacial score (nSPS) is 25.4. The van der Waals surface area contributed by atoms with Gasteiger partial charge in [0.25, 0.3) is 0 Å². The van der Waals surface area contributed by atoms with Crippen LogP contribution >= 0.6 is 12.4 Å². The Hall–Kier alpha value is -0.810. The summed E-state index contributed by atoms with van der Waals surface area (Å²) < 4.78 is 4.54. The number of nitrogens with two attached hydrogens (primary N) is 1. The average molecular weight is 265 g/mol. The minimum Gasteiger partial charge on any atom is -0.467 e. The molecule has 1 aliphatic rings. The second-order valence-corrected chi connectivity index (χ2v) is 4.38. The molecule has 0 bridgehead atoms. The van der Waals surface area contributed by atoms with Crippen molar-refractivity contribution in [2.45, 2.75) is 44.7 Å². The maximum atomic E-state index is 11.8. The number of hydrogen-bond acceptors (Lipinski definition) is 4. The van der Waals surface area contributed by atoms with Gasteiger partial charge in [0.15, 0.2) is 0 Å². The van der Waals surface area contributed by atoms with Crippen LogP contribution < -0.4 is 11.1 Å². The van der Waals surface area contributed by atoms with E-state index in [-0.39, 0.29) is 30.3 Å². The summed E-state index contributed by atoms with van der Waals surface area (Å²) >= 11 is 0. The van der Waals surface area contributed by atoms with Crippen LogP contribution in [0.1, 0.15) is 32.6 Å². The highest BCUT2D eigenvalue weighted by atomic mass is 35.5. The Bertz CT molecular complexity index is 273. The summed E-state index contributed by atoms with van der Waals surface area (Å²) in [7, 11) is 1.31. The smallest absolute Gasteiger partial charge is 0.328 e. The molecule has 0 saturated heterocycles. The van der Waals surface area contributed by atoms with Crippen LogP contribution in [-0.4, -0.2) is 31.1 Å². The van der Waals surface area contributed by atoms with Crippen molar-refractivity contribution in [2.24, 2.45) is 11.7 Å². The van der Waals surface area contributed by atoms with Crippen molar-refractivity contribution in [3.63, 3.8) is 0 Å². The SMILES string of the molecule is COC(=O)[C@H](C)NC(=O)C1CCCC(N)C1.Cl. The number of rotatable bonds is 3. The lowest BCUT2D eigenvalue weighted by molar-refractivity contribution is -0.145. The van der Waals surface area contributed by atoms with E-state index in [4.69, 9.17) is 5.73 Å². The molecule has 1 rings (SSSR count). The number of amides is 1. The zero-order chi connectivity index (χ0) is 12.1. The maximum Gasteiger partial charge on any atom is 0.328 e. The van der Waals surface area contributed by atoms with Gasteiger partial charge in [0.1, 0.15) is 6.04 Å². The Labute approximate surface area is 108 Å². The van der Waals surface area contributed by atoms with Gasteiger partial charge >= 0.3 is 5.97 Å². The number of hydrogen-bond donors (Lipinski definition) is 2. The van der Waals surface area contributed by atoms with Crippen LogP contribution in [0, 0.1) is 5.92 Å². The molecule has 0 radical (unpaired) electrons. The lowest BCUT2D eigenvalue weighted by Gasteiger charge is -2.26. The predicted molar refractivity (Wildman–Crippen MR) is 66.8 cm³/mol. The number of ether oxygens (including phenoxy) is 1. The second kappa shape index (κ2) is 7.50. The molecule has 100 valence electrons. The number of nitrogens with one attached hydrogen (secondary N) is 1. The highest BCUT2D eigenvalue weighted by molar-refractivity contribution is 5.85. The van der Waals surface area contributed by atoms with Crippen molar-refractivity contribution in [3.8, 4) is 0 Å². The molecule has 0 aromatic heterocycles. The van der Waals surface area contributed by atoms with E-state index in [1.807, 2.05) is 0 Å². The largest absolute Gasteiger partial charge is 0.467 e. The van der Waals surface area contributed by atoms with Crippen molar-refractivity contribution in [3.05, 3.63) is 0 Å². The molecule has 5 nitrogen and oxygen atoms in total. The van der Waals surface area contributed by atoms with Crippen molar-refractivity contribution >= 4 is 24.3 Å². The number of halogens is 1. The van der Waals surface area contributed by atoms with E-state index in [0.717, 1.165) is 19.3 Å². The third-order valence-electron chi connectivity index (χ3n) is 3.00. The summed E-state index contributed by atoms with van der Waals surface area (Å²) in [5.41, 5.74) is 5.81. The van der Waals surface area contributed by atoms with Gasteiger partial charge in [-0.3, -0.25) is 4.79 Å². The van der Waals surface area contributed by atoms with E-state index < -0.39 is 12.0 Å². The van der Waals surface area contributed by atoms with Gasteiger partial charge in [0.05, 0.1) is 7.11 Å². The first-order chi connectivity index (χ1) is 7.54. The van der Waals surface area contributed by atoms with Gasteiger partial charge in [0, 0.05) is 12.0 Å². The first-order valence-electron chi connectivity index (χ1n) is 5.68. The van der Waals surface area contributed by atoms with Crippen LogP contribution in [0.15, 0.2) is 0 Å². The number of carbonyl (C=O) groups excluding carboxylic acids is 2. The Morgan fingerprint density at radius 3 is 2.59 bits per heavy atom. The van der Waals surface area contributed by atoms with Crippen LogP contribution in [0.5, 0.6) is 0 Å². The highest BCUT2D eigenvalue weighted by Crippen LogP contribution is 2.23. The lowest BCUT2D eigenvalue weighted by atomic mass is 9.85. The monoisotopic (exact) mass is 264 g/mol. The minimum atomic E-state index is -0.587. The van der Waals surface area contributed by atoms with Gasteiger partial charge in [0.2, 0.25) is 5.91 Å². The molecule has 3 N–H and O–H groups in total. The molecule has 0 aromatic carbocycles. The summed E-state index contributed by atoms with van der Waals surface area (Å²) in [6.45, 7) is 1.62. The Balaban J connectivity index is 0.00000256. The Morgan fingerprint density at radius 2 is 2.06 bits per heavy atom. The van der Waals surface area contributed by atoms with Gasteiger partial charge in [-0.1, -0.05) is 6.42 Å². The molecule has 1 aliphatic carbocycles. The number of esters is 1. The first-order valence-corrected chi connectivity index (χ1v) is 5.68. The minimum absolute atomic E-state index is 0. The van der Waals surface area contributed by atoms with Crippen LogP contribution in [0.4, 0.5) is 0 Å². The topological polar surface area (TPSA) is 81.4 Å². The molecule has 6 heteroatoms. The molecule has 17 heavy (non-hydrogen) atoms. The van der Waals surface area contributed by atoms with Crippen molar-refractivity contribution < 1.29 is 14.3 Å². The first kappa shape index (κ1) is 16.2. The molecular weight excluding hydrogens is 244 g/mol. The van der Waals surface area contributed by atoms with E-state index in [1.165, 1.54) is 7.11 Å². The molecule has 3 atom stereocenters. The summed E-state index contributed by atoms with van der Waals surface area (Å²) in [4.78, 5) is 22.9. The molecule has 0 aliphatic heterocycles. The predicted octanol–water partition coefficient (Wildman–Crippen LogP) is 0.603. The van der Waals surface area contributed by atoms with Crippen LogP contribution in [0.3, 0.4) is 0 Å². The summed E-state index contributed by atoms with van der Waals surface area (Å²) in [5.74, 6) is -0.572. The third kappa shape index (κ3) is 4.91. The third-order valence-corrected chi connectivity index (χ3v) is 3.00.